The number of carbonyl (C=O) groups excluding carboxylic acids is 2. The molecular weight excluding hydrogens is 402 g/mol. The molecule has 0 fully saturated rings. The number of rotatable bonds is 2. The Morgan fingerprint density at radius 3 is 2.23 bits per heavy atom. The third-order valence-corrected chi connectivity index (χ3v) is 4.83. The number of fused-ring (bicyclic) bond motifs is 4. The van der Waals surface area contributed by atoms with E-state index in [0.717, 1.165) is 21.8 Å². The second kappa shape index (κ2) is 7.96. The summed E-state index contributed by atoms with van der Waals surface area (Å²) in [5, 5.41) is 13.4. The molecule has 0 amide bonds. The molecule has 2 aromatic carbocycles. The van der Waals surface area contributed by atoms with E-state index in [1.165, 1.54) is 6.92 Å². The van der Waals surface area contributed by atoms with Gasteiger partial charge in [-0.25, -0.2) is 4.98 Å². The Morgan fingerprint density at radius 2 is 1.50 bits per heavy atom. The number of benzene rings is 2. The number of pyridine rings is 2. The maximum absolute atomic E-state index is 11.5. The van der Waals surface area contributed by atoms with Gasteiger partial charge in [0.15, 0.2) is 17.2 Å². The number of Topliss-reactive ketones (excluding diaryl/α,β-unsaturated/α-hetero) is 2. The quantitative estimate of drug-likeness (QED) is 0.308. The number of tetrazole rings is 1. The highest BCUT2D eigenvalue weighted by molar-refractivity contribution is 6.30. The fraction of sp³-hybridized carbons (Fsp3) is 0.0909. The first-order chi connectivity index (χ1) is 14.5. The molecule has 148 valence electrons. The van der Waals surface area contributed by atoms with E-state index in [1.54, 1.807) is 23.6 Å². The van der Waals surface area contributed by atoms with E-state index in [1.807, 2.05) is 48.5 Å². The van der Waals surface area contributed by atoms with Gasteiger partial charge in [-0.05, 0) is 48.5 Å². The van der Waals surface area contributed by atoms with Gasteiger partial charge in [0, 0.05) is 21.9 Å². The Kier molecular flexibility index (Phi) is 5.20. The highest BCUT2D eigenvalue weighted by Crippen LogP contribution is 2.21. The van der Waals surface area contributed by atoms with Crippen LogP contribution in [0.4, 0.5) is 0 Å². The number of hydrogen-bond acceptors (Lipinski definition) is 6. The van der Waals surface area contributed by atoms with Crippen molar-refractivity contribution in [1.82, 2.24) is 25.0 Å². The van der Waals surface area contributed by atoms with Crippen LogP contribution in [-0.2, 0) is 0 Å². The van der Waals surface area contributed by atoms with Crippen LogP contribution in [0.2, 0.25) is 5.15 Å². The summed E-state index contributed by atoms with van der Waals surface area (Å²) in [5.74, 6) is 0.0206. The molecule has 0 saturated carbocycles. The molecule has 0 bridgehead atoms. The van der Waals surface area contributed by atoms with Crippen molar-refractivity contribution in [1.29, 1.82) is 0 Å². The first-order valence-corrected chi connectivity index (χ1v) is 9.50. The molecule has 0 aliphatic rings. The Morgan fingerprint density at radius 1 is 0.867 bits per heavy atom. The second-order valence-electron chi connectivity index (χ2n) is 6.65. The van der Waals surface area contributed by atoms with Gasteiger partial charge in [0.2, 0.25) is 0 Å². The molecule has 0 radical (unpaired) electrons. The van der Waals surface area contributed by atoms with Crippen LogP contribution in [0, 0.1) is 0 Å². The predicted molar refractivity (Wildman–Crippen MR) is 115 cm³/mol. The molecule has 8 heteroatoms. The normalized spacial score (nSPS) is 10.8. The number of nitrogens with zero attached hydrogens (tertiary/aromatic N) is 5. The van der Waals surface area contributed by atoms with Crippen molar-refractivity contribution in [3.8, 4) is 0 Å². The topological polar surface area (TPSA) is 90.1 Å². The smallest absolute Gasteiger partial charge is 0.180 e. The minimum atomic E-state index is 0.00509. The largest absolute Gasteiger partial charge is 0.294 e. The van der Waals surface area contributed by atoms with E-state index < -0.39 is 0 Å². The number of aromatic nitrogens is 5. The lowest BCUT2D eigenvalue weighted by Gasteiger charge is -2.03. The average Bonchev–Trinajstić information content (AvgIpc) is 3.22. The summed E-state index contributed by atoms with van der Waals surface area (Å²) in [6.45, 7) is 3.07. The molecule has 0 atom stereocenters. The van der Waals surface area contributed by atoms with Gasteiger partial charge in [0.25, 0.3) is 0 Å². The van der Waals surface area contributed by atoms with Crippen LogP contribution in [0.25, 0.3) is 27.5 Å². The molecular formula is C22H16ClN5O2. The fourth-order valence-corrected chi connectivity index (χ4v) is 3.47. The van der Waals surface area contributed by atoms with Gasteiger partial charge in [0.05, 0.1) is 11.0 Å². The van der Waals surface area contributed by atoms with E-state index >= 15 is 0 Å². The summed E-state index contributed by atoms with van der Waals surface area (Å²) >= 11 is 5.80. The predicted octanol–water partition coefficient (Wildman–Crippen LogP) is 4.57. The number of ketones is 2. The Balaban J connectivity index is 0.000000147. The zero-order valence-corrected chi connectivity index (χ0v) is 17.0. The van der Waals surface area contributed by atoms with Gasteiger partial charge in [-0.2, -0.15) is 4.52 Å². The molecule has 0 aliphatic carbocycles. The lowest BCUT2D eigenvalue weighted by atomic mass is 10.1. The lowest BCUT2D eigenvalue weighted by molar-refractivity contribution is 0.101. The van der Waals surface area contributed by atoms with Crippen molar-refractivity contribution in [3.63, 3.8) is 0 Å². The summed E-state index contributed by atoms with van der Waals surface area (Å²) < 4.78 is 1.63. The Labute approximate surface area is 176 Å². The van der Waals surface area contributed by atoms with Crippen LogP contribution in [0.15, 0.2) is 60.7 Å². The van der Waals surface area contributed by atoms with Crippen LogP contribution in [0.1, 0.15) is 34.6 Å². The molecule has 0 saturated heterocycles. The highest BCUT2D eigenvalue weighted by atomic mass is 35.5. The van der Waals surface area contributed by atoms with E-state index in [9.17, 15) is 9.59 Å². The third-order valence-electron chi connectivity index (χ3n) is 4.63. The SMILES string of the molecule is CC(=O)c1cc(Cl)nc2ccccc12.CC(=O)c1cc2nnnn2c2ccccc12. The Bertz CT molecular complexity index is 1430. The van der Waals surface area contributed by atoms with E-state index in [-0.39, 0.29) is 11.6 Å². The van der Waals surface area contributed by atoms with E-state index in [2.05, 4.69) is 20.5 Å². The number of para-hydroxylation sites is 2. The summed E-state index contributed by atoms with van der Waals surface area (Å²) in [5.41, 5.74) is 3.46. The van der Waals surface area contributed by atoms with Gasteiger partial charge < -0.3 is 0 Å². The fourth-order valence-electron chi connectivity index (χ4n) is 3.27. The molecule has 5 aromatic rings. The maximum Gasteiger partial charge on any atom is 0.180 e. The molecule has 7 nitrogen and oxygen atoms in total. The summed E-state index contributed by atoms with van der Waals surface area (Å²) in [4.78, 5) is 27.0. The van der Waals surface area contributed by atoms with Crippen LogP contribution in [0.5, 0.6) is 0 Å². The minimum absolute atomic E-state index is 0.00509. The van der Waals surface area contributed by atoms with Crippen LogP contribution >= 0.6 is 11.6 Å². The maximum atomic E-state index is 11.5. The van der Waals surface area contributed by atoms with E-state index in [4.69, 9.17) is 11.6 Å². The third kappa shape index (κ3) is 3.62. The first kappa shape index (κ1) is 19.6. The summed E-state index contributed by atoms with van der Waals surface area (Å²) in [6, 6.07) is 18.4. The number of hydrogen-bond donors (Lipinski definition) is 0. The Hall–Kier alpha value is -3.71. The van der Waals surface area contributed by atoms with Gasteiger partial charge in [-0.1, -0.05) is 48.0 Å². The summed E-state index contributed by atoms with van der Waals surface area (Å²) in [7, 11) is 0. The molecule has 0 spiro atoms. The van der Waals surface area contributed by atoms with Crippen molar-refractivity contribution in [2.24, 2.45) is 0 Å². The van der Waals surface area contributed by atoms with Crippen molar-refractivity contribution < 1.29 is 9.59 Å². The van der Waals surface area contributed by atoms with E-state index in [0.29, 0.717) is 21.9 Å². The van der Waals surface area contributed by atoms with Crippen LogP contribution in [-0.4, -0.2) is 36.6 Å². The van der Waals surface area contributed by atoms with Crippen molar-refractivity contribution in [3.05, 3.63) is 76.9 Å². The molecule has 3 heterocycles. The van der Waals surface area contributed by atoms with Crippen LogP contribution < -0.4 is 0 Å². The number of carbonyl (C=O) groups is 2. The number of halogens is 1. The van der Waals surface area contributed by atoms with Crippen molar-refractivity contribution >= 4 is 50.6 Å². The monoisotopic (exact) mass is 417 g/mol. The van der Waals surface area contributed by atoms with Gasteiger partial charge in [-0.3, -0.25) is 9.59 Å². The zero-order valence-electron chi connectivity index (χ0n) is 16.2. The highest BCUT2D eigenvalue weighted by Gasteiger charge is 2.11. The van der Waals surface area contributed by atoms with Crippen LogP contribution in [0.3, 0.4) is 0 Å². The van der Waals surface area contributed by atoms with Gasteiger partial charge in [-0.15, -0.1) is 5.10 Å². The van der Waals surface area contributed by atoms with Gasteiger partial charge in [0.1, 0.15) is 5.15 Å². The molecule has 0 unspecified atom stereocenters. The summed E-state index contributed by atoms with van der Waals surface area (Å²) in [6.07, 6.45) is 0. The standard InChI is InChI=1S/C11H8ClNO.C11H8N4O/c1-7(14)9-6-11(12)13-10-5-3-2-4-8(9)10;1-7(16)9-6-11-12-13-14-15(11)10-5-3-2-4-8(9)10/h2-6H,1H3;2-6H,1H3. The molecule has 5 rings (SSSR count). The van der Waals surface area contributed by atoms with Crippen molar-refractivity contribution in [2.75, 3.05) is 0 Å². The molecule has 0 aliphatic heterocycles. The van der Waals surface area contributed by atoms with Gasteiger partial charge >= 0.3 is 0 Å². The molecule has 3 aromatic heterocycles. The van der Waals surface area contributed by atoms with Crippen molar-refractivity contribution in [2.45, 2.75) is 13.8 Å². The zero-order chi connectivity index (χ0) is 21.3. The molecule has 30 heavy (non-hydrogen) atoms. The average molecular weight is 418 g/mol. The second-order valence-corrected chi connectivity index (χ2v) is 7.03. The first-order valence-electron chi connectivity index (χ1n) is 9.12. The molecule has 0 N–H and O–H groups in total. The lowest BCUT2D eigenvalue weighted by Crippen LogP contribution is -1.99. The minimum Gasteiger partial charge on any atom is -0.294 e.